The van der Waals surface area contributed by atoms with Crippen LogP contribution in [0.15, 0.2) is 97.1 Å². The molecule has 0 aliphatic heterocycles. The minimum absolute atomic E-state index is 0.434. The van der Waals surface area contributed by atoms with E-state index in [-0.39, 0.29) is 0 Å². The van der Waals surface area contributed by atoms with Crippen molar-refractivity contribution in [3.05, 3.63) is 114 Å². The molecule has 4 nitrogen and oxygen atoms in total. The van der Waals surface area contributed by atoms with Gasteiger partial charge in [0.15, 0.2) is 0 Å². The predicted octanol–water partition coefficient (Wildman–Crippen LogP) is 5.37. The van der Waals surface area contributed by atoms with E-state index in [0.29, 0.717) is 31.5 Å². The Morgan fingerprint density at radius 3 is 1.80 bits per heavy atom. The second kappa shape index (κ2) is 9.72. The van der Waals surface area contributed by atoms with Crippen LogP contribution in [0.2, 0.25) is 0 Å². The summed E-state index contributed by atoms with van der Waals surface area (Å²) in [5.41, 5.74) is 10.9. The van der Waals surface area contributed by atoms with Gasteiger partial charge in [-0.25, -0.2) is 0 Å². The number of nitrogens with two attached hydrogens (primary N) is 1. The highest BCUT2D eigenvalue weighted by Gasteiger charge is 2.11. The largest absolute Gasteiger partial charge is 0.473 e. The first-order chi connectivity index (χ1) is 14.8. The first-order valence-corrected chi connectivity index (χ1v) is 9.96. The van der Waals surface area contributed by atoms with Crippen molar-refractivity contribution >= 4 is 0 Å². The highest BCUT2D eigenvalue weighted by molar-refractivity contribution is 5.69. The lowest BCUT2D eigenvalue weighted by Gasteiger charge is -2.13. The number of hydrogen-bond donors (Lipinski definition) is 1. The van der Waals surface area contributed by atoms with Crippen LogP contribution in [0, 0.1) is 0 Å². The SMILES string of the molecule is NCc1ccc(-c2ccc(OCc3ccccc3)nc2OCc2ccccc2)cc1. The lowest BCUT2D eigenvalue weighted by Crippen LogP contribution is -2.02. The molecule has 0 saturated carbocycles. The molecule has 30 heavy (non-hydrogen) atoms. The molecule has 2 N–H and O–H groups in total. The molecule has 3 aromatic carbocycles. The van der Waals surface area contributed by atoms with Crippen LogP contribution in [0.5, 0.6) is 11.8 Å². The molecule has 1 heterocycles. The number of pyridine rings is 1. The van der Waals surface area contributed by atoms with Crippen LogP contribution in [-0.4, -0.2) is 4.98 Å². The highest BCUT2D eigenvalue weighted by atomic mass is 16.5. The summed E-state index contributed by atoms with van der Waals surface area (Å²) in [6, 6.07) is 32.1. The summed E-state index contributed by atoms with van der Waals surface area (Å²) in [6.07, 6.45) is 0. The van der Waals surface area contributed by atoms with E-state index in [9.17, 15) is 0 Å². The van der Waals surface area contributed by atoms with Gasteiger partial charge >= 0.3 is 0 Å². The normalized spacial score (nSPS) is 10.6. The van der Waals surface area contributed by atoms with Gasteiger partial charge < -0.3 is 15.2 Å². The third kappa shape index (κ3) is 5.04. The summed E-state index contributed by atoms with van der Waals surface area (Å²) < 4.78 is 12.0. The van der Waals surface area contributed by atoms with Gasteiger partial charge in [-0.15, -0.1) is 0 Å². The summed E-state index contributed by atoms with van der Waals surface area (Å²) in [7, 11) is 0. The quantitative estimate of drug-likeness (QED) is 0.435. The van der Waals surface area contributed by atoms with E-state index >= 15 is 0 Å². The van der Waals surface area contributed by atoms with Crippen molar-refractivity contribution in [2.45, 2.75) is 19.8 Å². The van der Waals surface area contributed by atoms with Crippen LogP contribution >= 0.6 is 0 Å². The fraction of sp³-hybridized carbons (Fsp3) is 0.115. The third-order valence-electron chi connectivity index (χ3n) is 4.78. The monoisotopic (exact) mass is 396 g/mol. The average molecular weight is 396 g/mol. The highest BCUT2D eigenvalue weighted by Crippen LogP contribution is 2.31. The number of hydrogen-bond acceptors (Lipinski definition) is 4. The van der Waals surface area contributed by atoms with Crippen molar-refractivity contribution in [1.82, 2.24) is 4.98 Å². The second-order valence-electron chi connectivity index (χ2n) is 6.95. The summed E-state index contributed by atoms with van der Waals surface area (Å²) >= 11 is 0. The lowest BCUT2D eigenvalue weighted by atomic mass is 10.1. The summed E-state index contributed by atoms with van der Waals surface area (Å²) in [5, 5.41) is 0. The molecular weight excluding hydrogens is 372 g/mol. The van der Waals surface area contributed by atoms with Gasteiger partial charge in [-0.3, -0.25) is 0 Å². The topological polar surface area (TPSA) is 57.4 Å². The van der Waals surface area contributed by atoms with Crippen LogP contribution in [0.3, 0.4) is 0 Å². The molecule has 0 fully saturated rings. The summed E-state index contributed by atoms with van der Waals surface area (Å²) in [5.74, 6) is 1.08. The van der Waals surface area contributed by atoms with Crippen molar-refractivity contribution < 1.29 is 9.47 Å². The molecule has 150 valence electrons. The van der Waals surface area contributed by atoms with E-state index in [4.69, 9.17) is 15.2 Å². The minimum atomic E-state index is 0.434. The Labute approximate surface area is 176 Å². The van der Waals surface area contributed by atoms with Crippen molar-refractivity contribution in [1.29, 1.82) is 0 Å². The molecule has 0 amide bonds. The zero-order valence-electron chi connectivity index (χ0n) is 16.7. The molecule has 0 atom stereocenters. The number of benzene rings is 3. The molecule has 0 aliphatic carbocycles. The third-order valence-corrected chi connectivity index (χ3v) is 4.78. The Kier molecular flexibility index (Phi) is 6.38. The smallest absolute Gasteiger partial charge is 0.225 e. The van der Waals surface area contributed by atoms with Gasteiger partial charge in [-0.05, 0) is 28.3 Å². The van der Waals surface area contributed by atoms with E-state index in [1.54, 1.807) is 0 Å². The van der Waals surface area contributed by atoms with E-state index < -0.39 is 0 Å². The first kappa shape index (κ1) is 19.7. The molecular formula is C26H24N2O2. The standard InChI is InChI=1S/C26H24N2O2/c27-17-20-11-13-23(14-12-20)24-15-16-25(29-18-21-7-3-1-4-8-21)28-26(24)30-19-22-9-5-2-6-10-22/h1-16H,17-19,27H2. The maximum Gasteiger partial charge on any atom is 0.225 e. The van der Waals surface area contributed by atoms with E-state index in [0.717, 1.165) is 27.8 Å². The number of aromatic nitrogens is 1. The molecule has 0 saturated heterocycles. The van der Waals surface area contributed by atoms with Crippen LogP contribution in [-0.2, 0) is 19.8 Å². The van der Waals surface area contributed by atoms with E-state index in [1.807, 2.05) is 97.1 Å². The van der Waals surface area contributed by atoms with Crippen LogP contribution in [0.1, 0.15) is 16.7 Å². The Hall–Kier alpha value is -3.63. The van der Waals surface area contributed by atoms with Crippen molar-refractivity contribution in [2.75, 3.05) is 0 Å². The van der Waals surface area contributed by atoms with Crippen LogP contribution in [0.25, 0.3) is 11.1 Å². The predicted molar refractivity (Wildman–Crippen MR) is 119 cm³/mol. The van der Waals surface area contributed by atoms with Crippen molar-refractivity contribution in [2.24, 2.45) is 5.73 Å². The van der Waals surface area contributed by atoms with E-state index in [1.165, 1.54) is 0 Å². The molecule has 0 aliphatic rings. The van der Waals surface area contributed by atoms with Crippen molar-refractivity contribution in [3.63, 3.8) is 0 Å². The number of ether oxygens (including phenoxy) is 2. The maximum absolute atomic E-state index is 6.11. The minimum Gasteiger partial charge on any atom is -0.473 e. The van der Waals surface area contributed by atoms with E-state index in [2.05, 4.69) is 4.98 Å². The fourth-order valence-corrected chi connectivity index (χ4v) is 3.11. The molecule has 4 aromatic rings. The molecule has 0 spiro atoms. The van der Waals surface area contributed by atoms with Gasteiger partial charge in [0.25, 0.3) is 0 Å². The Morgan fingerprint density at radius 1 is 0.600 bits per heavy atom. The van der Waals surface area contributed by atoms with Gasteiger partial charge in [0.05, 0.1) is 0 Å². The molecule has 0 radical (unpaired) electrons. The fourth-order valence-electron chi connectivity index (χ4n) is 3.11. The molecule has 4 heteroatoms. The van der Waals surface area contributed by atoms with Gasteiger partial charge in [-0.1, -0.05) is 84.9 Å². The number of nitrogens with zero attached hydrogens (tertiary/aromatic N) is 1. The summed E-state index contributed by atoms with van der Waals surface area (Å²) in [6.45, 7) is 1.41. The Morgan fingerprint density at radius 2 is 1.20 bits per heavy atom. The lowest BCUT2D eigenvalue weighted by molar-refractivity contribution is 0.268. The Balaban J connectivity index is 1.58. The van der Waals surface area contributed by atoms with Crippen LogP contribution < -0.4 is 15.2 Å². The second-order valence-corrected chi connectivity index (χ2v) is 6.95. The zero-order chi connectivity index (χ0) is 20.6. The van der Waals surface area contributed by atoms with Crippen molar-refractivity contribution in [3.8, 4) is 22.9 Å². The molecule has 4 rings (SSSR count). The van der Waals surface area contributed by atoms with Gasteiger partial charge in [0.1, 0.15) is 13.2 Å². The van der Waals surface area contributed by atoms with Gasteiger partial charge in [0.2, 0.25) is 11.8 Å². The van der Waals surface area contributed by atoms with Crippen LogP contribution in [0.4, 0.5) is 0 Å². The molecule has 0 unspecified atom stereocenters. The first-order valence-electron chi connectivity index (χ1n) is 9.96. The van der Waals surface area contributed by atoms with Gasteiger partial charge in [0, 0.05) is 18.2 Å². The zero-order valence-corrected chi connectivity index (χ0v) is 16.7. The molecule has 1 aromatic heterocycles. The average Bonchev–Trinajstić information content (AvgIpc) is 2.83. The number of rotatable bonds is 8. The molecule has 0 bridgehead atoms. The summed E-state index contributed by atoms with van der Waals surface area (Å²) in [4.78, 5) is 4.65. The Bertz CT molecular complexity index is 1070. The maximum atomic E-state index is 6.11. The van der Waals surface area contributed by atoms with Gasteiger partial charge in [-0.2, -0.15) is 4.98 Å².